The first kappa shape index (κ1) is 19.2. The van der Waals surface area contributed by atoms with Crippen molar-refractivity contribution in [2.24, 2.45) is 11.0 Å². The Morgan fingerprint density at radius 1 is 1.24 bits per heavy atom. The van der Waals surface area contributed by atoms with Crippen LogP contribution in [0.1, 0.15) is 43.0 Å². The lowest BCUT2D eigenvalue weighted by atomic mass is 9.77. The van der Waals surface area contributed by atoms with E-state index < -0.39 is 0 Å². The number of aryl methyl sites for hydroxylation is 1. The maximum Gasteiger partial charge on any atom is 0.332 e. The molecular formula is C24H26N2O3. The summed E-state index contributed by atoms with van der Waals surface area (Å²) in [6.45, 7) is 4.09. The van der Waals surface area contributed by atoms with Crippen LogP contribution in [0.15, 0.2) is 65.4 Å². The molecular weight excluding hydrogens is 364 g/mol. The number of carbonyl (C=O) groups excluding carboxylic acids is 1. The molecule has 1 aliphatic carbocycles. The Bertz CT molecular complexity index is 965. The molecule has 1 aliphatic heterocycles. The molecule has 0 amide bonds. The van der Waals surface area contributed by atoms with E-state index >= 15 is 0 Å². The van der Waals surface area contributed by atoms with Gasteiger partial charge in [0.1, 0.15) is 5.75 Å². The van der Waals surface area contributed by atoms with Gasteiger partial charge in [-0.1, -0.05) is 30.3 Å². The average Bonchev–Trinajstić information content (AvgIpc) is 3.14. The van der Waals surface area contributed by atoms with Crippen LogP contribution in [0.25, 0.3) is 0 Å². The van der Waals surface area contributed by atoms with Gasteiger partial charge in [0.25, 0.3) is 0 Å². The molecule has 0 saturated heterocycles. The Labute approximate surface area is 171 Å². The van der Waals surface area contributed by atoms with E-state index in [0.29, 0.717) is 6.61 Å². The second kappa shape index (κ2) is 8.11. The summed E-state index contributed by atoms with van der Waals surface area (Å²) >= 11 is 0. The summed E-state index contributed by atoms with van der Waals surface area (Å²) in [6, 6.07) is 16.7. The summed E-state index contributed by atoms with van der Waals surface area (Å²) in [5, 5.41) is 7.00. The summed E-state index contributed by atoms with van der Waals surface area (Å²) in [7, 11) is 1.69. The van der Waals surface area contributed by atoms with Gasteiger partial charge in [-0.25, -0.2) is 4.79 Å². The molecule has 4 rings (SSSR count). The minimum atomic E-state index is -0.336. The molecule has 0 bridgehead atoms. The normalized spacial score (nSPS) is 20.6. The fourth-order valence-corrected chi connectivity index (χ4v) is 4.33. The zero-order valence-electron chi connectivity index (χ0n) is 17.1. The predicted octanol–water partition coefficient (Wildman–Crippen LogP) is 4.49. The molecule has 2 aromatic rings. The third kappa shape index (κ3) is 3.65. The van der Waals surface area contributed by atoms with Crippen molar-refractivity contribution >= 4 is 11.7 Å². The van der Waals surface area contributed by atoms with Crippen LogP contribution in [0.5, 0.6) is 5.75 Å². The smallest absolute Gasteiger partial charge is 0.332 e. The maximum absolute atomic E-state index is 12.0. The standard InChI is InChI=1S/C24H26N2O3/c1-4-29-22(27)14-16(2)26-24(17-8-6-5-7-9-17)21-12-10-18-15-19(28-3)11-13-20(18)23(21)25-26/h5-9,11,13-15,21,24H,4,10,12H2,1-3H3/b16-14-/t21-,24-/m0/s1. The zero-order chi connectivity index (χ0) is 20.4. The molecule has 29 heavy (non-hydrogen) atoms. The van der Waals surface area contributed by atoms with E-state index in [9.17, 15) is 4.79 Å². The van der Waals surface area contributed by atoms with Crippen molar-refractivity contribution < 1.29 is 14.3 Å². The van der Waals surface area contributed by atoms with Crippen LogP contribution >= 0.6 is 0 Å². The highest BCUT2D eigenvalue weighted by atomic mass is 16.5. The van der Waals surface area contributed by atoms with Crippen molar-refractivity contribution in [1.29, 1.82) is 0 Å². The largest absolute Gasteiger partial charge is 0.497 e. The summed E-state index contributed by atoms with van der Waals surface area (Å²) in [4.78, 5) is 12.0. The fourth-order valence-electron chi connectivity index (χ4n) is 4.33. The van der Waals surface area contributed by atoms with Crippen LogP contribution in [-0.2, 0) is 16.0 Å². The summed E-state index contributed by atoms with van der Waals surface area (Å²) < 4.78 is 10.5. The predicted molar refractivity (Wildman–Crippen MR) is 113 cm³/mol. The summed E-state index contributed by atoms with van der Waals surface area (Å²) in [6.07, 6.45) is 3.52. The van der Waals surface area contributed by atoms with Crippen LogP contribution in [0, 0.1) is 5.92 Å². The number of carbonyl (C=O) groups is 1. The van der Waals surface area contributed by atoms with Crippen LogP contribution in [0.3, 0.4) is 0 Å². The molecule has 0 fully saturated rings. The van der Waals surface area contributed by atoms with Gasteiger partial charge in [-0.2, -0.15) is 5.10 Å². The number of ether oxygens (including phenoxy) is 2. The third-order valence-electron chi connectivity index (χ3n) is 5.64. The number of fused-ring (bicyclic) bond motifs is 3. The van der Waals surface area contributed by atoms with Gasteiger partial charge in [-0.05, 0) is 56.0 Å². The van der Waals surface area contributed by atoms with Gasteiger partial charge in [0.2, 0.25) is 0 Å². The number of benzene rings is 2. The average molecular weight is 390 g/mol. The van der Waals surface area contributed by atoms with Gasteiger partial charge in [-0.15, -0.1) is 0 Å². The van der Waals surface area contributed by atoms with Gasteiger partial charge in [0.15, 0.2) is 0 Å². The van der Waals surface area contributed by atoms with E-state index in [2.05, 4.69) is 36.4 Å². The first-order chi connectivity index (χ1) is 14.1. The second-order valence-electron chi connectivity index (χ2n) is 7.39. The molecule has 0 spiro atoms. The molecule has 2 atom stereocenters. The molecule has 5 nitrogen and oxygen atoms in total. The number of nitrogens with zero attached hydrogens (tertiary/aromatic N) is 2. The Kier molecular flexibility index (Phi) is 5.38. The van der Waals surface area contributed by atoms with E-state index in [4.69, 9.17) is 14.6 Å². The van der Waals surface area contributed by atoms with Crippen LogP contribution in [0.2, 0.25) is 0 Å². The Hall–Kier alpha value is -3.08. The van der Waals surface area contributed by atoms with E-state index in [1.165, 1.54) is 22.8 Å². The maximum atomic E-state index is 12.0. The number of methoxy groups -OCH3 is 1. The van der Waals surface area contributed by atoms with Crippen molar-refractivity contribution in [3.8, 4) is 5.75 Å². The highest BCUT2D eigenvalue weighted by Gasteiger charge is 2.42. The van der Waals surface area contributed by atoms with Gasteiger partial charge >= 0.3 is 5.97 Å². The molecule has 5 heteroatoms. The van der Waals surface area contributed by atoms with Crippen molar-refractivity contribution in [3.63, 3.8) is 0 Å². The number of rotatable bonds is 5. The van der Waals surface area contributed by atoms with Gasteiger partial charge < -0.3 is 9.47 Å². The van der Waals surface area contributed by atoms with Gasteiger partial charge in [-0.3, -0.25) is 5.01 Å². The Morgan fingerprint density at radius 3 is 2.76 bits per heavy atom. The molecule has 0 radical (unpaired) electrons. The van der Waals surface area contributed by atoms with Crippen molar-refractivity contribution in [2.45, 2.75) is 32.7 Å². The number of hydrazone groups is 1. The molecule has 2 aliphatic rings. The summed E-state index contributed by atoms with van der Waals surface area (Å²) in [5.41, 5.74) is 5.51. The van der Waals surface area contributed by atoms with Crippen LogP contribution in [-0.4, -0.2) is 30.4 Å². The Morgan fingerprint density at radius 2 is 2.03 bits per heavy atom. The van der Waals surface area contributed by atoms with E-state index in [-0.39, 0.29) is 17.9 Å². The van der Waals surface area contributed by atoms with Gasteiger partial charge in [0, 0.05) is 23.3 Å². The summed E-state index contributed by atoms with van der Waals surface area (Å²) in [5.74, 6) is 0.802. The highest BCUT2D eigenvalue weighted by molar-refractivity contribution is 6.06. The van der Waals surface area contributed by atoms with E-state index in [0.717, 1.165) is 30.0 Å². The first-order valence-electron chi connectivity index (χ1n) is 10.1. The van der Waals surface area contributed by atoms with Crippen molar-refractivity contribution in [2.75, 3.05) is 13.7 Å². The molecule has 2 aromatic carbocycles. The minimum Gasteiger partial charge on any atom is -0.497 e. The van der Waals surface area contributed by atoms with Gasteiger partial charge in [0.05, 0.1) is 25.5 Å². The third-order valence-corrected chi connectivity index (χ3v) is 5.64. The number of esters is 1. The first-order valence-corrected chi connectivity index (χ1v) is 10.1. The molecule has 0 unspecified atom stereocenters. The monoisotopic (exact) mass is 390 g/mol. The lowest BCUT2D eigenvalue weighted by Crippen LogP contribution is -2.28. The molecule has 0 aromatic heterocycles. The fraction of sp³-hybridized carbons (Fsp3) is 0.333. The van der Waals surface area contributed by atoms with E-state index in [1.54, 1.807) is 7.11 Å². The second-order valence-corrected chi connectivity index (χ2v) is 7.39. The lowest BCUT2D eigenvalue weighted by Gasteiger charge is -2.31. The van der Waals surface area contributed by atoms with E-state index in [1.807, 2.05) is 31.0 Å². The Balaban J connectivity index is 1.77. The van der Waals surface area contributed by atoms with Crippen molar-refractivity contribution in [3.05, 3.63) is 77.0 Å². The quantitative estimate of drug-likeness (QED) is 0.558. The molecule has 150 valence electrons. The SMILES string of the molecule is CCOC(=O)/C=C(/C)N1N=C2c3ccc(OC)cc3CC[C@@H]2[C@@H]1c1ccccc1. The zero-order valence-corrected chi connectivity index (χ0v) is 17.1. The molecule has 1 heterocycles. The molecule has 0 N–H and O–H groups in total. The number of hydrogen-bond acceptors (Lipinski definition) is 5. The minimum absolute atomic E-state index is 0.0622. The number of hydrogen-bond donors (Lipinski definition) is 0. The molecule has 0 saturated carbocycles. The van der Waals surface area contributed by atoms with Crippen molar-refractivity contribution in [1.82, 2.24) is 5.01 Å². The van der Waals surface area contributed by atoms with Crippen LogP contribution < -0.4 is 4.74 Å². The topological polar surface area (TPSA) is 51.1 Å². The highest BCUT2D eigenvalue weighted by Crippen LogP contribution is 2.45. The lowest BCUT2D eigenvalue weighted by molar-refractivity contribution is -0.137. The van der Waals surface area contributed by atoms with Crippen LogP contribution in [0.4, 0.5) is 0 Å². The number of allylic oxidation sites excluding steroid dienone is 1.